The van der Waals surface area contributed by atoms with E-state index in [1.54, 1.807) is 30.3 Å². The average Bonchev–Trinajstić information content (AvgIpc) is 2.86. The summed E-state index contributed by atoms with van der Waals surface area (Å²) in [5.41, 5.74) is 5.36. The molecule has 2 rings (SSSR count). The Morgan fingerprint density at radius 2 is 1.79 bits per heavy atom. The van der Waals surface area contributed by atoms with Crippen LogP contribution in [0.4, 0.5) is 0 Å². The topological polar surface area (TPSA) is 82.2 Å². The molecule has 19 heavy (non-hydrogen) atoms. The molecule has 0 saturated carbocycles. The molecule has 2 aromatic rings. The minimum absolute atomic E-state index is 0.180. The van der Waals surface area contributed by atoms with Gasteiger partial charge in [-0.25, -0.2) is 12.4 Å². The van der Waals surface area contributed by atoms with E-state index in [9.17, 15) is 13.2 Å². The molecule has 98 valence electrons. The zero-order valence-electron chi connectivity index (χ0n) is 9.93. The Hall–Kier alpha value is -2.34. The van der Waals surface area contributed by atoms with E-state index in [1.807, 2.05) is 0 Å². The molecule has 0 fully saturated rings. The third-order valence-corrected chi connectivity index (χ3v) is 4.18. The first-order chi connectivity index (χ1) is 9.01. The van der Waals surface area contributed by atoms with E-state index >= 15 is 0 Å². The first-order valence-electron chi connectivity index (χ1n) is 5.47. The van der Waals surface area contributed by atoms with Gasteiger partial charge in [-0.3, -0.25) is 4.79 Å². The van der Waals surface area contributed by atoms with Gasteiger partial charge in [-0.1, -0.05) is 18.2 Å². The fraction of sp³-hybridized carbons (Fsp3) is 0. The fourth-order valence-electron chi connectivity index (χ4n) is 1.60. The molecular weight excluding hydrogens is 264 g/mol. The zero-order valence-corrected chi connectivity index (χ0v) is 10.7. The van der Waals surface area contributed by atoms with Gasteiger partial charge in [-0.15, -0.1) is 0 Å². The van der Waals surface area contributed by atoms with Gasteiger partial charge < -0.3 is 5.73 Å². The second-order valence-corrected chi connectivity index (χ2v) is 5.60. The summed E-state index contributed by atoms with van der Waals surface area (Å²) in [6.45, 7) is 0. The Kier molecular flexibility index (Phi) is 3.52. The van der Waals surface area contributed by atoms with Crippen molar-refractivity contribution in [2.45, 2.75) is 4.90 Å². The average molecular weight is 276 g/mol. The quantitative estimate of drug-likeness (QED) is 0.852. The maximum Gasteiger partial charge on any atom is 0.268 e. The maximum atomic E-state index is 12.4. The molecule has 1 heterocycles. The van der Waals surface area contributed by atoms with Gasteiger partial charge >= 0.3 is 0 Å². The molecule has 5 nitrogen and oxygen atoms in total. The van der Waals surface area contributed by atoms with Crippen LogP contribution in [0.25, 0.3) is 6.08 Å². The molecule has 1 aromatic heterocycles. The second kappa shape index (κ2) is 5.11. The molecular formula is C13H12N2O3S. The molecule has 0 aliphatic rings. The Bertz CT molecular complexity index is 715. The van der Waals surface area contributed by atoms with Gasteiger partial charge in [0.2, 0.25) is 5.91 Å². The molecule has 0 bridgehead atoms. The molecule has 0 aliphatic carbocycles. The number of benzene rings is 1. The monoisotopic (exact) mass is 276 g/mol. The van der Waals surface area contributed by atoms with E-state index in [2.05, 4.69) is 0 Å². The number of hydrogen-bond acceptors (Lipinski definition) is 3. The summed E-state index contributed by atoms with van der Waals surface area (Å²) in [5.74, 6) is -0.634. The first kappa shape index (κ1) is 13.1. The van der Waals surface area contributed by atoms with Crippen LogP contribution in [0.3, 0.4) is 0 Å². The molecule has 0 unspecified atom stereocenters. The molecule has 0 saturated heterocycles. The normalized spacial score (nSPS) is 11.8. The van der Waals surface area contributed by atoms with Crippen LogP contribution in [-0.2, 0) is 14.8 Å². The number of rotatable bonds is 4. The lowest BCUT2D eigenvalue weighted by atomic mass is 10.4. The third kappa shape index (κ3) is 2.74. The van der Waals surface area contributed by atoms with E-state index in [-0.39, 0.29) is 4.90 Å². The molecule has 0 spiro atoms. The van der Waals surface area contributed by atoms with Crippen LogP contribution in [0, 0.1) is 0 Å². The Labute approximate surface area is 111 Å². The van der Waals surface area contributed by atoms with Crippen LogP contribution in [0.1, 0.15) is 5.69 Å². The summed E-state index contributed by atoms with van der Waals surface area (Å²) in [5, 5.41) is 0. The lowest BCUT2D eigenvalue weighted by molar-refractivity contribution is -0.113. The van der Waals surface area contributed by atoms with E-state index in [0.29, 0.717) is 5.69 Å². The number of primary amides is 1. The Morgan fingerprint density at radius 1 is 1.11 bits per heavy atom. The highest BCUT2D eigenvalue weighted by molar-refractivity contribution is 7.90. The number of amides is 1. The van der Waals surface area contributed by atoms with Crippen molar-refractivity contribution in [3.8, 4) is 0 Å². The van der Waals surface area contributed by atoms with Crippen molar-refractivity contribution >= 4 is 22.0 Å². The molecule has 1 amide bonds. The van der Waals surface area contributed by atoms with Crippen molar-refractivity contribution in [2.75, 3.05) is 0 Å². The van der Waals surface area contributed by atoms with Crippen molar-refractivity contribution in [1.29, 1.82) is 0 Å². The zero-order chi connectivity index (χ0) is 13.9. The van der Waals surface area contributed by atoms with Crippen LogP contribution >= 0.6 is 0 Å². The summed E-state index contributed by atoms with van der Waals surface area (Å²) in [6.07, 6.45) is 3.90. The smallest absolute Gasteiger partial charge is 0.268 e. The van der Waals surface area contributed by atoms with Gasteiger partial charge in [0.1, 0.15) is 0 Å². The highest BCUT2D eigenvalue weighted by Gasteiger charge is 2.17. The number of aromatic nitrogens is 1. The lowest BCUT2D eigenvalue weighted by Crippen LogP contribution is -2.13. The van der Waals surface area contributed by atoms with E-state index < -0.39 is 15.9 Å². The molecule has 6 heteroatoms. The van der Waals surface area contributed by atoms with E-state index in [1.165, 1.54) is 24.4 Å². The Morgan fingerprint density at radius 3 is 2.42 bits per heavy atom. The first-order valence-corrected chi connectivity index (χ1v) is 6.91. The van der Waals surface area contributed by atoms with Crippen LogP contribution < -0.4 is 5.73 Å². The van der Waals surface area contributed by atoms with Crippen LogP contribution in [0.2, 0.25) is 0 Å². The summed E-state index contributed by atoms with van der Waals surface area (Å²) in [7, 11) is -3.66. The van der Waals surface area contributed by atoms with Crippen molar-refractivity contribution in [3.63, 3.8) is 0 Å². The summed E-state index contributed by atoms with van der Waals surface area (Å²) in [6, 6.07) is 11.2. The number of nitrogens with zero attached hydrogens (tertiary/aromatic N) is 1. The van der Waals surface area contributed by atoms with Crippen LogP contribution in [0.5, 0.6) is 0 Å². The van der Waals surface area contributed by atoms with Gasteiger partial charge in [0.15, 0.2) is 0 Å². The SMILES string of the molecule is NC(=O)/C=C/c1cccn1S(=O)(=O)c1ccccc1. The third-order valence-electron chi connectivity index (χ3n) is 2.46. The van der Waals surface area contributed by atoms with Gasteiger partial charge in [-0.2, -0.15) is 0 Å². The predicted octanol–water partition coefficient (Wildman–Crippen LogP) is 1.22. The van der Waals surface area contributed by atoms with Crippen molar-refractivity contribution in [2.24, 2.45) is 5.73 Å². The number of hydrogen-bond donors (Lipinski definition) is 1. The van der Waals surface area contributed by atoms with E-state index in [4.69, 9.17) is 5.73 Å². The summed E-state index contributed by atoms with van der Waals surface area (Å²) in [4.78, 5) is 10.9. The predicted molar refractivity (Wildman–Crippen MR) is 71.7 cm³/mol. The van der Waals surface area contributed by atoms with Gasteiger partial charge in [0.25, 0.3) is 10.0 Å². The van der Waals surface area contributed by atoms with Crippen molar-refractivity contribution in [1.82, 2.24) is 3.97 Å². The number of nitrogens with two attached hydrogens (primary N) is 1. The highest BCUT2D eigenvalue weighted by Crippen LogP contribution is 2.17. The van der Waals surface area contributed by atoms with Crippen LogP contribution in [-0.4, -0.2) is 18.3 Å². The number of carbonyl (C=O) groups excluding carboxylic acids is 1. The molecule has 0 radical (unpaired) electrons. The molecule has 2 N–H and O–H groups in total. The van der Waals surface area contributed by atoms with Gasteiger partial charge in [-0.05, 0) is 30.3 Å². The van der Waals surface area contributed by atoms with Gasteiger partial charge in [0, 0.05) is 12.3 Å². The summed E-state index contributed by atoms with van der Waals surface area (Å²) >= 11 is 0. The maximum absolute atomic E-state index is 12.4. The highest BCUT2D eigenvalue weighted by atomic mass is 32.2. The van der Waals surface area contributed by atoms with Crippen LogP contribution in [0.15, 0.2) is 59.6 Å². The largest absolute Gasteiger partial charge is 0.366 e. The minimum atomic E-state index is -3.66. The molecule has 1 aromatic carbocycles. The number of carbonyl (C=O) groups is 1. The molecule has 0 aliphatic heterocycles. The second-order valence-electron chi connectivity index (χ2n) is 3.78. The lowest BCUT2D eigenvalue weighted by Gasteiger charge is -2.08. The minimum Gasteiger partial charge on any atom is -0.366 e. The van der Waals surface area contributed by atoms with Crippen molar-refractivity contribution in [3.05, 3.63) is 60.4 Å². The molecule has 0 atom stereocenters. The van der Waals surface area contributed by atoms with Gasteiger partial charge in [0.05, 0.1) is 10.6 Å². The fourth-order valence-corrected chi connectivity index (χ4v) is 2.96. The standard InChI is InChI=1S/C13H12N2O3S/c14-13(16)9-8-11-5-4-10-15(11)19(17,18)12-6-2-1-3-7-12/h1-10H,(H2,14,16)/b9-8+. The van der Waals surface area contributed by atoms with E-state index in [0.717, 1.165) is 10.0 Å². The Balaban J connectivity index is 2.49. The van der Waals surface area contributed by atoms with Crippen molar-refractivity contribution < 1.29 is 13.2 Å². The summed E-state index contributed by atoms with van der Waals surface area (Å²) < 4.78 is 25.8.